The number of nitriles is 1. The van der Waals surface area contributed by atoms with Crippen molar-refractivity contribution in [3.8, 4) is 6.07 Å². The maximum atomic E-state index is 10.6. The molecule has 0 fully saturated rings. The van der Waals surface area contributed by atoms with Crippen molar-refractivity contribution in [2.24, 2.45) is 7.05 Å². The molecule has 0 aliphatic rings. The number of hydrogen-bond donors (Lipinski definition) is 1. The number of rotatable bonds is 1. The molecule has 1 aromatic heterocycles. The van der Waals surface area contributed by atoms with Gasteiger partial charge in [0.25, 0.3) is 0 Å². The summed E-state index contributed by atoms with van der Waals surface area (Å²) in [6.45, 7) is 1.56. The Morgan fingerprint density at radius 3 is 2.67 bits per heavy atom. The van der Waals surface area contributed by atoms with Crippen LogP contribution in [0.5, 0.6) is 0 Å². The van der Waals surface area contributed by atoms with Gasteiger partial charge in [-0.3, -0.25) is 4.68 Å². The second-order valence-electron chi connectivity index (χ2n) is 2.35. The lowest BCUT2D eigenvalue weighted by molar-refractivity contribution is 0.0695. The van der Waals surface area contributed by atoms with Gasteiger partial charge in [-0.1, -0.05) is 0 Å². The summed E-state index contributed by atoms with van der Waals surface area (Å²) in [5, 5.41) is 21.1. The number of carboxylic acids is 1. The summed E-state index contributed by atoms with van der Waals surface area (Å²) >= 11 is 0. The predicted octanol–water partition coefficient (Wildman–Crippen LogP) is 0.298. The molecule has 0 aromatic carbocycles. The quantitative estimate of drug-likeness (QED) is 0.649. The lowest BCUT2D eigenvalue weighted by atomic mass is 10.2. The highest BCUT2D eigenvalue weighted by Gasteiger charge is 2.18. The minimum absolute atomic E-state index is 0.0139. The van der Waals surface area contributed by atoms with Gasteiger partial charge < -0.3 is 5.11 Å². The Balaban J connectivity index is 3.45. The van der Waals surface area contributed by atoms with Gasteiger partial charge in [0.05, 0.1) is 5.69 Å². The second kappa shape index (κ2) is 2.66. The van der Waals surface area contributed by atoms with Crippen LogP contribution < -0.4 is 0 Å². The van der Waals surface area contributed by atoms with Gasteiger partial charge in [-0.05, 0) is 6.92 Å². The molecule has 5 heteroatoms. The monoisotopic (exact) mass is 165 g/mol. The van der Waals surface area contributed by atoms with E-state index in [-0.39, 0.29) is 11.3 Å². The molecule has 0 bridgehead atoms. The van der Waals surface area contributed by atoms with Gasteiger partial charge in [0, 0.05) is 7.05 Å². The van der Waals surface area contributed by atoms with Crippen molar-refractivity contribution in [3.05, 3.63) is 17.0 Å². The molecule has 12 heavy (non-hydrogen) atoms. The molecule has 0 spiro atoms. The summed E-state index contributed by atoms with van der Waals surface area (Å²) < 4.78 is 1.26. The molecule has 0 aliphatic carbocycles. The van der Waals surface area contributed by atoms with Crippen LogP contribution in [0.15, 0.2) is 0 Å². The number of hydrogen-bond acceptors (Lipinski definition) is 3. The first-order valence-corrected chi connectivity index (χ1v) is 3.25. The van der Waals surface area contributed by atoms with Gasteiger partial charge in [0.15, 0.2) is 5.69 Å². The van der Waals surface area contributed by atoms with Crippen LogP contribution in [-0.2, 0) is 7.05 Å². The minimum Gasteiger partial charge on any atom is -0.478 e. The standard InChI is InChI=1S/C7H7N3O2/c1-4-6(7(11)12)5(3-8)10(2)9-4/h1-2H3,(H,11,12). The fourth-order valence-corrected chi connectivity index (χ4v) is 1.04. The molecule has 0 atom stereocenters. The van der Waals surface area contributed by atoms with Crippen LogP contribution in [0.4, 0.5) is 0 Å². The zero-order valence-electron chi connectivity index (χ0n) is 6.70. The molecule has 0 radical (unpaired) electrons. The van der Waals surface area contributed by atoms with E-state index in [0.29, 0.717) is 5.69 Å². The van der Waals surface area contributed by atoms with E-state index in [1.165, 1.54) is 11.7 Å². The first-order chi connectivity index (χ1) is 5.57. The summed E-state index contributed by atoms with van der Waals surface area (Å²) in [5.74, 6) is -1.11. The van der Waals surface area contributed by atoms with Crippen LogP contribution in [-0.4, -0.2) is 20.9 Å². The molecule has 0 saturated heterocycles. The van der Waals surface area contributed by atoms with E-state index in [2.05, 4.69) is 5.10 Å². The maximum Gasteiger partial charge on any atom is 0.340 e. The van der Waals surface area contributed by atoms with Gasteiger partial charge in [-0.25, -0.2) is 4.79 Å². The zero-order chi connectivity index (χ0) is 9.30. The van der Waals surface area contributed by atoms with Gasteiger partial charge >= 0.3 is 5.97 Å². The average molecular weight is 165 g/mol. The van der Waals surface area contributed by atoms with Crippen molar-refractivity contribution in [1.82, 2.24) is 9.78 Å². The van der Waals surface area contributed by atoms with E-state index in [1.807, 2.05) is 0 Å². The summed E-state index contributed by atoms with van der Waals surface area (Å²) in [6.07, 6.45) is 0. The van der Waals surface area contributed by atoms with Crippen molar-refractivity contribution < 1.29 is 9.90 Å². The van der Waals surface area contributed by atoms with Gasteiger partial charge in [0.1, 0.15) is 11.6 Å². The maximum absolute atomic E-state index is 10.6. The first kappa shape index (κ1) is 8.27. The Bertz CT molecular complexity index is 373. The number of carbonyl (C=O) groups is 1. The molecule has 5 nitrogen and oxygen atoms in total. The van der Waals surface area contributed by atoms with Crippen LogP contribution in [0, 0.1) is 18.3 Å². The zero-order valence-corrected chi connectivity index (χ0v) is 6.70. The van der Waals surface area contributed by atoms with Crippen molar-refractivity contribution in [2.75, 3.05) is 0 Å². The summed E-state index contributed by atoms with van der Waals surface area (Å²) in [5.41, 5.74) is 0.432. The number of carboxylic acid groups (broad SMARTS) is 1. The molecule has 0 unspecified atom stereocenters. The van der Waals surface area contributed by atoms with Gasteiger partial charge in [0.2, 0.25) is 0 Å². The molecule has 0 amide bonds. The normalized spacial score (nSPS) is 9.42. The Morgan fingerprint density at radius 2 is 2.33 bits per heavy atom. The van der Waals surface area contributed by atoms with Crippen LogP contribution in [0.3, 0.4) is 0 Å². The molecule has 1 aromatic rings. The van der Waals surface area contributed by atoms with Crippen LogP contribution in [0.25, 0.3) is 0 Å². The fraction of sp³-hybridized carbons (Fsp3) is 0.286. The SMILES string of the molecule is Cc1nn(C)c(C#N)c1C(=O)O. The number of aromatic carboxylic acids is 1. The van der Waals surface area contributed by atoms with Crippen molar-refractivity contribution in [2.45, 2.75) is 6.92 Å². The molecule has 1 rings (SSSR count). The largest absolute Gasteiger partial charge is 0.478 e. The van der Waals surface area contributed by atoms with Gasteiger partial charge in [-0.15, -0.1) is 0 Å². The van der Waals surface area contributed by atoms with E-state index in [1.54, 1.807) is 13.0 Å². The van der Waals surface area contributed by atoms with E-state index in [4.69, 9.17) is 10.4 Å². The Kier molecular flexibility index (Phi) is 1.83. The molecule has 0 saturated carbocycles. The topological polar surface area (TPSA) is 78.9 Å². The Labute approximate surface area is 68.8 Å². The van der Waals surface area contributed by atoms with Crippen molar-refractivity contribution in [3.63, 3.8) is 0 Å². The average Bonchev–Trinajstić information content (AvgIpc) is 2.24. The summed E-state index contributed by atoms with van der Waals surface area (Å²) in [4.78, 5) is 10.6. The van der Waals surface area contributed by atoms with E-state index >= 15 is 0 Å². The highest BCUT2D eigenvalue weighted by Crippen LogP contribution is 2.11. The molecular weight excluding hydrogens is 158 g/mol. The van der Waals surface area contributed by atoms with Crippen LogP contribution in [0.1, 0.15) is 21.7 Å². The number of aromatic nitrogens is 2. The van der Waals surface area contributed by atoms with Crippen molar-refractivity contribution >= 4 is 5.97 Å². The fourth-order valence-electron chi connectivity index (χ4n) is 1.04. The third kappa shape index (κ3) is 1.03. The van der Waals surface area contributed by atoms with Crippen LogP contribution in [0.2, 0.25) is 0 Å². The molecule has 62 valence electrons. The van der Waals surface area contributed by atoms with E-state index in [0.717, 1.165) is 0 Å². The minimum atomic E-state index is -1.11. The van der Waals surface area contributed by atoms with Gasteiger partial charge in [-0.2, -0.15) is 10.4 Å². The second-order valence-corrected chi connectivity index (χ2v) is 2.35. The Morgan fingerprint density at radius 1 is 1.75 bits per heavy atom. The van der Waals surface area contributed by atoms with E-state index in [9.17, 15) is 4.79 Å². The highest BCUT2D eigenvalue weighted by molar-refractivity contribution is 5.91. The number of aryl methyl sites for hydroxylation is 2. The first-order valence-electron chi connectivity index (χ1n) is 3.25. The van der Waals surface area contributed by atoms with Crippen LogP contribution >= 0.6 is 0 Å². The summed E-state index contributed by atoms with van der Waals surface area (Å²) in [6, 6.07) is 1.79. The molecule has 1 heterocycles. The lowest BCUT2D eigenvalue weighted by Crippen LogP contribution is -2.01. The third-order valence-corrected chi connectivity index (χ3v) is 1.54. The smallest absolute Gasteiger partial charge is 0.340 e. The van der Waals surface area contributed by atoms with E-state index < -0.39 is 5.97 Å². The van der Waals surface area contributed by atoms with Crippen molar-refractivity contribution in [1.29, 1.82) is 5.26 Å². The Hall–Kier alpha value is -1.83. The predicted molar refractivity (Wildman–Crippen MR) is 39.6 cm³/mol. The third-order valence-electron chi connectivity index (χ3n) is 1.54. The number of nitrogens with zero attached hydrogens (tertiary/aromatic N) is 3. The molecular formula is C7H7N3O2. The molecule has 0 aliphatic heterocycles. The highest BCUT2D eigenvalue weighted by atomic mass is 16.4. The summed E-state index contributed by atoms with van der Waals surface area (Å²) in [7, 11) is 1.54. The lowest BCUT2D eigenvalue weighted by Gasteiger charge is -1.90. The molecule has 1 N–H and O–H groups in total.